The molecule has 1 N–H and O–H groups in total. The largest absolute Gasteiger partial charge is 0.346 e. The molecule has 0 spiro atoms. The number of rotatable bonds is 12. The molecule has 3 nitrogen and oxygen atoms in total. The summed E-state index contributed by atoms with van der Waals surface area (Å²) < 4.78 is 0. The van der Waals surface area contributed by atoms with Crippen LogP contribution < -0.4 is 5.32 Å². The Hall–Kier alpha value is -1.29. The highest BCUT2D eigenvalue weighted by Gasteiger charge is 2.14. The number of ketones is 1. The predicted molar refractivity (Wildman–Crippen MR) is 111 cm³/mol. The van der Waals surface area contributed by atoms with Gasteiger partial charge in [-0.2, -0.15) is 11.8 Å². The molecule has 0 saturated carbocycles. The Morgan fingerprint density at radius 3 is 1.96 bits per heavy atom. The molecule has 0 aromatic rings. The highest BCUT2D eigenvalue weighted by Crippen LogP contribution is 2.13. The smallest absolute Gasteiger partial charge is 0.217 e. The third-order valence-corrected chi connectivity index (χ3v) is 4.80. The molecule has 1 amide bonds. The van der Waals surface area contributed by atoms with Crippen LogP contribution in [0.15, 0.2) is 34.9 Å². The number of amides is 1. The Morgan fingerprint density at radius 1 is 0.880 bits per heavy atom. The molecule has 0 radical (unpaired) electrons. The van der Waals surface area contributed by atoms with E-state index in [0.29, 0.717) is 5.75 Å². The molecule has 0 saturated heterocycles. The van der Waals surface area contributed by atoms with Gasteiger partial charge in [-0.05, 0) is 60.3 Å². The summed E-state index contributed by atoms with van der Waals surface area (Å²) in [6.07, 6.45) is 11.3. The number of hydrogen-bond acceptors (Lipinski definition) is 3. The maximum Gasteiger partial charge on any atom is 0.217 e. The van der Waals surface area contributed by atoms with Crippen molar-refractivity contribution in [1.29, 1.82) is 0 Å². The van der Waals surface area contributed by atoms with Crippen LogP contribution in [0.4, 0.5) is 0 Å². The van der Waals surface area contributed by atoms with Gasteiger partial charge in [-0.25, -0.2) is 0 Å². The van der Waals surface area contributed by atoms with Crippen LogP contribution in [-0.4, -0.2) is 29.2 Å². The molecule has 0 aromatic carbocycles. The van der Waals surface area contributed by atoms with Crippen molar-refractivity contribution in [1.82, 2.24) is 5.32 Å². The van der Waals surface area contributed by atoms with E-state index in [1.54, 1.807) is 11.8 Å². The van der Waals surface area contributed by atoms with Crippen molar-refractivity contribution < 1.29 is 9.59 Å². The maximum absolute atomic E-state index is 11.5. The molecule has 1 atom stereocenters. The minimum Gasteiger partial charge on any atom is -0.346 e. The summed E-state index contributed by atoms with van der Waals surface area (Å²) >= 11 is 1.68. The second kappa shape index (κ2) is 13.9. The van der Waals surface area contributed by atoms with Gasteiger partial charge in [0.2, 0.25) is 5.91 Å². The van der Waals surface area contributed by atoms with Crippen LogP contribution >= 0.6 is 11.8 Å². The minimum absolute atomic E-state index is 0.0112. The van der Waals surface area contributed by atoms with E-state index in [0.717, 1.165) is 31.4 Å². The van der Waals surface area contributed by atoms with Gasteiger partial charge in [-0.1, -0.05) is 34.9 Å². The molecule has 0 fully saturated rings. The normalized spacial score (nSPS) is 13.4. The summed E-state index contributed by atoms with van der Waals surface area (Å²) in [6, 6.07) is -0.373. The van der Waals surface area contributed by atoms with Gasteiger partial charge in [0.05, 0.1) is 6.04 Å². The molecule has 4 heteroatoms. The monoisotopic (exact) mass is 365 g/mol. The number of hydrogen-bond donors (Lipinski definition) is 1. The Labute approximate surface area is 158 Å². The quantitative estimate of drug-likeness (QED) is 0.380. The van der Waals surface area contributed by atoms with Crippen molar-refractivity contribution in [2.45, 2.75) is 73.3 Å². The highest BCUT2D eigenvalue weighted by molar-refractivity contribution is 7.99. The first-order valence-corrected chi connectivity index (χ1v) is 10.2. The molecule has 1 unspecified atom stereocenters. The molecular weight excluding hydrogens is 330 g/mol. The van der Waals surface area contributed by atoms with Crippen LogP contribution in [0.3, 0.4) is 0 Å². The van der Waals surface area contributed by atoms with Gasteiger partial charge in [-0.15, -0.1) is 0 Å². The third-order valence-electron chi connectivity index (χ3n) is 3.83. The van der Waals surface area contributed by atoms with E-state index in [1.165, 1.54) is 30.6 Å². The van der Waals surface area contributed by atoms with Crippen LogP contribution in [0, 0.1) is 0 Å². The fourth-order valence-electron chi connectivity index (χ4n) is 2.23. The summed E-state index contributed by atoms with van der Waals surface area (Å²) in [4.78, 5) is 22.6. The predicted octanol–water partition coefficient (Wildman–Crippen LogP) is 5.23. The molecule has 0 heterocycles. The van der Waals surface area contributed by atoms with E-state index in [9.17, 15) is 9.59 Å². The summed E-state index contributed by atoms with van der Waals surface area (Å²) in [7, 11) is 0. The summed E-state index contributed by atoms with van der Waals surface area (Å²) in [6.45, 7) is 11.6. The lowest BCUT2D eigenvalue weighted by atomic mass is 10.1. The van der Waals surface area contributed by atoms with Gasteiger partial charge >= 0.3 is 0 Å². The average molecular weight is 366 g/mol. The van der Waals surface area contributed by atoms with Gasteiger partial charge in [0.15, 0.2) is 5.78 Å². The summed E-state index contributed by atoms with van der Waals surface area (Å²) in [5.74, 6) is 1.36. The molecule has 142 valence electrons. The summed E-state index contributed by atoms with van der Waals surface area (Å²) in [5, 5.41) is 2.70. The van der Waals surface area contributed by atoms with Crippen molar-refractivity contribution in [3.8, 4) is 0 Å². The molecule has 0 bridgehead atoms. The van der Waals surface area contributed by atoms with Crippen molar-refractivity contribution in [2.75, 3.05) is 11.5 Å². The zero-order valence-corrected chi connectivity index (χ0v) is 17.6. The highest BCUT2D eigenvalue weighted by atomic mass is 32.2. The van der Waals surface area contributed by atoms with Gasteiger partial charge in [0, 0.05) is 18.4 Å². The topological polar surface area (TPSA) is 46.2 Å². The van der Waals surface area contributed by atoms with E-state index < -0.39 is 0 Å². The Balaban J connectivity index is 4.07. The van der Waals surface area contributed by atoms with Crippen LogP contribution in [0.2, 0.25) is 0 Å². The number of carbonyl (C=O) groups is 2. The lowest BCUT2D eigenvalue weighted by Gasteiger charge is -2.13. The van der Waals surface area contributed by atoms with Crippen LogP contribution in [-0.2, 0) is 9.59 Å². The second-order valence-electron chi connectivity index (χ2n) is 6.86. The van der Waals surface area contributed by atoms with E-state index >= 15 is 0 Å². The molecule has 25 heavy (non-hydrogen) atoms. The van der Waals surface area contributed by atoms with Crippen LogP contribution in [0.25, 0.3) is 0 Å². The first-order chi connectivity index (χ1) is 11.7. The average Bonchev–Trinajstić information content (AvgIpc) is 2.49. The van der Waals surface area contributed by atoms with Crippen molar-refractivity contribution in [3.05, 3.63) is 34.9 Å². The zero-order valence-electron chi connectivity index (χ0n) is 16.8. The fourth-order valence-corrected chi connectivity index (χ4v) is 3.32. The number of Topliss-reactive ketones (excluding diaryl/α,β-unsaturated/α-hetero) is 1. The number of thioether (sulfide) groups is 1. The summed E-state index contributed by atoms with van der Waals surface area (Å²) in [5.41, 5.74) is 4.22. The molecule has 0 aromatic heterocycles. The van der Waals surface area contributed by atoms with Crippen molar-refractivity contribution in [2.24, 2.45) is 0 Å². The van der Waals surface area contributed by atoms with E-state index in [2.05, 4.69) is 51.2 Å². The van der Waals surface area contributed by atoms with Gasteiger partial charge in [0.25, 0.3) is 0 Å². The maximum atomic E-state index is 11.5. The number of carbonyl (C=O) groups excluding carboxylic acids is 2. The van der Waals surface area contributed by atoms with Gasteiger partial charge in [0.1, 0.15) is 0 Å². The number of nitrogens with one attached hydrogen (secondary N) is 1. The molecule has 0 aliphatic heterocycles. The Kier molecular flexibility index (Phi) is 13.2. The standard InChI is InChI=1S/C21H35NO2S/c1-16(2)9-7-10-17(3)11-8-12-18(4)13-14-25-15-21(19(5)23)22-20(6)24/h9,11,13,21H,7-8,10,12,14-15H2,1-6H3,(H,22,24). The lowest BCUT2D eigenvalue weighted by molar-refractivity contribution is -0.125. The third kappa shape index (κ3) is 14.7. The second-order valence-corrected chi connectivity index (χ2v) is 7.94. The Morgan fingerprint density at radius 2 is 1.44 bits per heavy atom. The minimum atomic E-state index is -0.373. The number of allylic oxidation sites excluding steroid dienone is 5. The molecule has 0 rings (SSSR count). The lowest BCUT2D eigenvalue weighted by Crippen LogP contribution is -2.40. The fraction of sp³-hybridized carbons (Fsp3) is 0.619. The van der Waals surface area contributed by atoms with E-state index in [-0.39, 0.29) is 17.7 Å². The van der Waals surface area contributed by atoms with E-state index in [4.69, 9.17) is 0 Å². The van der Waals surface area contributed by atoms with Crippen LogP contribution in [0.5, 0.6) is 0 Å². The molecular formula is C21H35NO2S. The van der Waals surface area contributed by atoms with Gasteiger partial charge in [-0.3, -0.25) is 9.59 Å². The van der Waals surface area contributed by atoms with Gasteiger partial charge < -0.3 is 5.32 Å². The van der Waals surface area contributed by atoms with Crippen molar-refractivity contribution in [3.63, 3.8) is 0 Å². The SMILES string of the molecule is CC(=O)NC(CSCC=C(C)CCC=C(C)CCC=C(C)C)C(C)=O. The van der Waals surface area contributed by atoms with Crippen LogP contribution in [0.1, 0.15) is 67.2 Å². The van der Waals surface area contributed by atoms with E-state index in [1.807, 2.05) is 0 Å². The molecule has 0 aliphatic rings. The first-order valence-electron chi connectivity index (χ1n) is 9.02. The molecule has 0 aliphatic carbocycles. The van der Waals surface area contributed by atoms with Crippen molar-refractivity contribution >= 4 is 23.5 Å². The Bertz CT molecular complexity index is 514. The first kappa shape index (κ1) is 23.7. The zero-order chi connectivity index (χ0) is 19.2.